The van der Waals surface area contributed by atoms with Gasteiger partial charge in [0, 0.05) is 13.0 Å². The maximum absolute atomic E-state index is 13.0. The predicted molar refractivity (Wildman–Crippen MR) is 132 cm³/mol. The van der Waals surface area contributed by atoms with Gasteiger partial charge in [-0.25, -0.2) is 9.59 Å². The highest BCUT2D eigenvalue weighted by Gasteiger charge is 2.36. The van der Waals surface area contributed by atoms with E-state index in [2.05, 4.69) is 5.32 Å². The van der Waals surface area contributed by atoms with E-state index in [0.717, 1.165) is 22.3 Å². The van der Waals surface area contributed by atoms with E-state index in [9.17, 15) is 19.5 Å². The maximum Gasteiger partial charge on any atom is 0.410 e. The van der Waals surface area contributed by atoms with Gasteiger partial charge < -0.3 is 15.2 Å². The van der Waals surface area contributed by atoms with Gasteiger partial charge in [0.2, 0.25) is 5.91 Å². The zero-order valence-electron chi connectivity index (χ0n) is 19.3. The second-order valence-electron chi connectivity index (χ2n) is 8.56. The third-order valence-electron chi connectivity index (χ3n) is 6.11. The van der Waals surface area contributed by atoms with Gasteiger partial charge in [-0.2, -0.15) is 0 Å². The van der Waals surface area contributed by atoms with Gasteiger partial charge in [0.05, 0.1) is 0 Å². The Bertz CT molecular complexity index is 1150. The number of nitrogens with zero attached hydrogens (tertiary/aromatic N) is 1. The molecule has 2 N–H and O–H groups in total. The summed E-state index contributed by atoms with van der Waals surface area (Å²) in [5, 5.41) is 12.3. The Labute approximate surface area is 204 Å². The van der Waals surface area contributed by atoms with Crippen LogP contribution in [0.4, 0.5) is 4.79 Å². The Hall–Kier alpha value is -4.13. The predicted octanol–water partition coefficient (Wildman–Crippen LogP) is 4.27. The number of carboxylic acid groups (broad SMARTS) is 1. The molecule has 1 saturated heterocycles. The van der Waals surface area contributed by atoms with Crippen LogP contribution in [0, 0.1) is 0 Å². The number of aliphatic carboxylic acids is 1. The Morgan fingerprint density at radius 2 is 1.51 bits per heavy atom. The first kappa shape index (κ1) is 24.0. The summed E-state index contributed by atoms with van der Waals surface area (Å²) in [6, 6.07) is 24.9. The SMILES string of the molecule is O=C(N[C@H](Cc1ccc(-c2ccccc2)cc1)C(=O)O)[C@H]1CCCN1C(=O)OCc1ccccc1. The number of likely N-dealkylation sites (tertiary alicyclic amines) is 1. The number of amides is 2. The quantitative estimate of drug-likeness (QED) is 0.511. The van der Waals surface area contributed by atoms with Gasteiger partial charge in [-0.1, -0.05) is 84.9 Å². The van der Waals surface area contributed by atoms with Crippen molar-refractivity contribution in [3.8, 4) is 11.1 Å². The molecule has 3 aromatic rings. The lowest BCUT2D eigenvalue weighted by atomic mass is 10.0. The summed E-state index contributed by atoms with van der Waals surface area (Å²) >= 11 is 0. The summed E-state index contributed by atoms with van der Waals surface area (Å²) in [5.74, 6) is -1.60. The summed E-state index contributed by atoms with van der Waals surface area (Å²) in [6.07, 6.45) is 0.679. The van der Waals surface area contributed by atoms with Crippen molar-refractivity contribution >= 4 is 18.0 Å². The number of rotatable bonds is 8. The summed E-state index contributed by atoms with van der Waals surface area (Å²) < 4.78 is 5.38. The van der Waals surface area contributed by atoms with E-state index in [1.54, 1.807) is 0 Å². The van der Waals surface area contributed by atoms with Gasteiger partial charge >= 0.3 is 12.1 Å². The first-order valence-corrected chi connectivity index (χ1v) is 11.7. The van der Waals surface area contributed by atoms with E-state index in [1.165, 1.54) is 4.90 Å². The molecule has 1 aliphatic heterocycles. The van der Waals surface area contributed by atoms with Crippen LogP contribution in [0.25, 0.3) is 11.1 Å². The number of carboxylic acids is 1. The van der Waals surface area contributed by atoms with Crippen molar-refractivity contribution in [2.24, 2.45) is 0 Å². The molecule has 0 aromatic heterocycles. The fourth-order valence-corrected chi connectivity index (χ4v) is 4.23. The van der Waals surface area contributed by atoms with Crippen LogP contribution in [-0.4, -0.2) is 46.6 Å². The molecule has 7 nitrogen and oxygen atoms in total. The van der Waals surface area contributed by atoms with Gasteiger partial charge in [-0.05, 0) is 35.1 Å². The van der Waals surface area contributed by atoms with Crippen molar-refractivity contribution in [1.82, 2.24) is 10.2 Å². The van der Waals surface area contributed by atoms with E-state index in [1.807, 2.05) is 84.9 Å². The number of carbonyl (C=O) groups is 3. The standard InChI is InChI=1S/C28H28N2O5/c31-26(25-12-7-17-30(25)28(34)35-19-21-8-3-1-4-9-21)29-24(27(32)33)18-20-13-15-23(16-14-20)22-10-5-2-6-11-22/h1-6,8-11,13-16,24-25H,7,12,17-19H2,(H,29,31)(H,32,33)/t24-,25-/m1/s1. The molecule has 180 valence electrons. The summed E-state index contributed by atoms with van der Waals surface area (Å²) in [6.45, 7) is 0.506. The lowest BCUT2D eigenvalue weighted by molar-refractivity contribution is -0.142. The lowest BCUT2D eigenvalue weighted by Crippen LogP contribution is -2.51. The molecule has 2 atom stereocenters. The fraction of sp³-hybridized carbons (Fsp3) is 0.250. The molecular weight excluding hydrogens is 444 g/mol. The smallest absolute Gasteiger partial charge is 0.410 e. The van der Waals surface area contributed by atoms with Crippen molar-refractivity contribution < 1.29 is 24.2 Å². The second-order valence-corrected chi connectivity index (χ2v) is 8.56. The molecular formula is C28H28N2O5. The van der Waals surface area contributed by atoms with Crippen LogP contribution in [0.3, 0.4) is 0 Å². The normalized spacial score (nSPS) is 15.9. The minimum absolute atomic E-state index is 0.112. The highest BCUT2D eigenvalue weighted by atomic mass is 16.6. The van der Waals surface area contributed by atoms with E-state index in [-0.39, 0.29) is 13.0 Å². The van der Waals surface area contributed by atoms with Gasteiger partial charge in [-0.3, -0.25) is 9.69 Å². The summed E-state index contributed by atoms with van der Waals surface area (Å²) in [7, 11) is 0. The van der Waals surface area contributed by atoms with Crippen molar-refractivity contribution in [2.45, 2.75) is 38.0 Å². The molecule has 0 bridgehead atoms. The van der Waals surface area contributed by atoms with Crippen LogP contribution in [0.5, 0.6) is 0 Å². The highest BCUT2D eigenvalue weighted by molar-refractivity contribution is 5.89. The maximum atomic E-state index is 13.0. The number of hydrogen-bond donors (Lipinski definition) is 2. The third kappa shape index (κ3) is 6.26. The van der Waals surface area contributed by atoms with Crippen molar-refractivity contribution in [2.75, 3.05) is 6.54 Å². The highest BCUT2D eigenvalue weighted by Crippen LogP contribution is 2.21. The van der Waals surface area contributed by atoms with Crippen LogP contribution < -0.4 is 5.32 Å². The molecule has 1 heterocycles. The van der Waals surface area contributed by atoms with Crippen LogP contribution in [-0.2, 0) is 27.4 Å². The summed E-state index contributed by atoms with van der Waals surface area (Å²) in [5.41, 5.74) is 3.75. The zero-order valence-corrected chi connectivity index (χ0v) is 19.3. The largest absolute Gasteiger partial charge is 0.480 e. The lowest BCUT2D eigenvalue weighted by Gasteiger charge is -2.25. The molecule has 3 aromatic carbocycles. The molecule has 35 heavy (non-hydrogen) atoms. The average molecular weight is 473 g/mol. The number of nitrogens with one attached hydrogen (secondary N) is 1. The average Bonchev–Trinajstić information content (AvgIpc) is 3.39. The Kier molecular flexibility index (Phi) is 7.77. The Morgan fingerprint density at radius 3 is 2.17 bits per heavy atom. The minimum atomic E-state index is -1.12. The molecule has 7 heteroatoms. The number of hydrogen-bond acceptors (Lipinski definition) is 4. The van der Waals surface area contributed by atoms with Gasteiger partial charge in [-0.15, -0.1) is 0 Å². The van der Waals surface area contributed by atoms with Crippen molar-refractivity contribution in [3.05, 3.63) is 96.1 Å². The third-order valence-corrected chi connectivity index (χ3v) is 6.11. The van der Waals surface area contributed by atoms with Gasteiger partial charge in [0.25, 0.3) is 0 Å². The van der Waals surface area contributed by atoms with Crippen LogP contribution in [0.2, 0.25) is 0 Å². The zero-order chi connectivity index (χ0) is 24.6. The molecule has 2 amide bonds. The van der Waals surface area contributed by atoms with E-state index in [0.29, 0.717) is 19.4 Å². The number of carbonyl (C=O) groups excluding carboxylic acids is 2. The molecule has 4 rings (SSSR count). The molecule has 0 unspecified atom stereocenters. The molecule has 1 fully saturated rings. The van der Waals surface area contributed by atoms with E-state index < -0.39 is 30.1 Å². The first-order valence-electron chi connectivity index (χ1n) is 11.7. The van der Waals surface area contributed by atoms with E-state index in [4.69, 9.17) is 4.74 Å². The van der Waals surface area contributed by atoms with Crippen LogP contribution in [0.1, 0.15) is 24.0 Å². The monoisotopic (exact) mass is 472 g/mol. The summed E-state index contributed by atoms with van der Waals surface area (Å²) in [4.78, 5) is 38.8. The molecule has 0 aliphatic carbocycles. The number of benzene rings is 3. The first-order chi connectivity index (χ1) is 17.0. The van der Waals surface area contributed by atoms with Crippen LogP contribution in [0.15, 0.2) is 84.9 Å². The Morgan fingerprint density at radius 1 is 0.886 bits per heavy atom. The van der Waals surface area contributed by atoms with E-state index >= 15 is 0 Å². The Balaban J connectivity index is 1.36. The molecule has 0 saturated carbocycles. The van der Waals surface area contributed by atoms with Crippen LogP contribution >= 0.6 is 0 Å². The topological polar surface area (TPSA) is 95.9 Å². The van der Waals surface area contributed by atoms with Gasteiger partial charge in [0.1, 0.15) is 18.7 Å². The van der Waals surface area contributed by atoms with Crippen molar-refractivity contribution in [1.29, 1.82) is 0 Å². The molecule has 1 aliphatic rings. The molecule has 0 spiro atoms. The number of ether oxygens (including phenoxy) is 1. The molecule has 0 radical (unpaired) electrons. The minimum Gasteiger partial charge on any atom is -0.480 e. The van der Waals surface area contributed by atoms with Crippen molar-refractivity contribution in [3.63, 3.8) is 0 Å². The fourth-order valence-electron chi connectivity index (χ4n) is 4.23. The van der Waals surface area contributed by atoms with Gasteiger partial charge in [0.15, 0.2) is 0 Å². The second kappa shape index (κ2) is 11.3.